The number of hydrogen-bond acceptors (Lipinski definition) is 3. The van der Waals surface area contributed by atoms with E-state index in [0.29, 0.717) is 18.9 Å². The Morgan fingerprint density at radius 2 is 2.05 bits per heavy atom. The summed E-state index contributed by atoms with van der Waals surface area (Å²) < 4.78 is 38.2. The van der Waals surface area contributed by atoms with E-state index in [1.165, 1.54) is 6.07 Å². The standard InChI is InChI=1S/C15H18F3N3O/c16-15(17,18)12-4-1-5-13(20-12)21-8-2-3-11(9-21)19-14(22)10-6-7-10/h1,4-5,10-11H,2-3,6-9H2,(H,19,22). The number of alkyl halides is 3. The molecule has 4 nitrogen and oxygen atoms in total. The number of pyridine rings is 1. The summed E-state index contributed by atoms with van der Waals surface area (Å²) in [6, 6.07) is 3.91. The summed E-state index contributed by atoms with van der Waals surface area (Å²) >= 11 is 0. The molecule has 120 valence electrons. The zero-order valence-electron chi connectivity index (χ0n) is 12.1. The van der Waals surface area contributed by atoms with Crippen molar-refractivity contribution in [3.05, 3.63) is 23.9 Å². The molecule has 1 unspecified atom stereocenters. The van der Waals surface area contributed by atoms with E-state index < -0.39 is 11.9 Å². The Morgan fingerprint density at radius 3 is 2.73 bits per heavy atom. The first-order chi connectivity index (χ1) is 10.4. The second kappa shape index (κ2) is 5.78. The molecule has 0 spiro atoms. The minimum Gasteiger partial charge on any atom is -0.355 e. The smallest absolute Gasteiger partial charge is 0.355 e. The van der Waals surface area contributed by atoms with Crippen LogP contribution in [-0.2, 0) is 11.0 Å². The van der Waals surface area contributed by atoms with Gasteiger partial charge in [0.2, 0.25) is 5.91 Å². The molecular weight excluding hydrogens is 295 g/mol. The van der Waals surface area contributed by atoms with Crippen LogP contribution in [0.2, 0.25) is 0 Å². The van der Waals surface area contributed by atoms with Crippen molar-refractivity contribution < 1.29 is 18.0 Å². The zero-order valence-corrected chi connectivity index (χ0v) is 12.1. The van der Waals surface area contributed by atoms with Crippen molar-refractivity contribution in [2.45, 2.75) is 37.9 Å². The second-order valence-electron chi connectivity index (χ2n) is 5.95. The minimum atomic E-state index is -4.44. The zero-order chi connectivity index (χ0) is 15.7. The van der Waals surface area contributed by atoms with E-state index in [4.69, 9.17) is 0 Å². The predicted octanol–water partition coefficient (Wildman–Crippen LogP) is 2.60. The summed E-state index contributed by atoms with van der Waals surface area (Å²) in [7, 11) is 0. The van der Waals surface area contributed by atoms with Gasteiger partial charge in [-0.15, -0.1) is 0 Å². The van der Waals surface area contributed by atoms with Crippen molar-refractivity contribution >= 4 is 11.7 Å². The Morgan fingerprint density at radius 1 is 1.27 bits per heavy atom. The molecule has 3 rings (SSSR count). The molecule has 1 aromatic heterocycles. The summed E-state index contributed by atoms with van der Waals surface area (Å²) in [6.45, 7) is 1.16. The average Bonchev–Trinajstić information content (AvgIpc) is 3.31. The molecule has 0 bridgehead atoms. The fourth-order valence-corrected chi connectivity index (χ4v) is 2.72. The highest BCUT2D eigenvalue weighted by Crippen LogP contribution is 2.30. The monoisotopic (exact) mass is 313 g/mol. The van der Waals surface area contributed by atoms with E-state index in [2.05, 4.69) is 10.3 Å². The third-order valence-electron chi connectivity index (χ3n) is 4.06. The van der Waals surface area contributed by atoms with Gasteiger partial charge >= 0.3 is 6.18 Å². The molecule has 1 saturated heterocycles. The third-order valence-corrected chi connectivity index (χ3v) is 4.06. The van der Waals surface area contributed by atoms with Crippen LogP contribution < -0.4 is 10.2 Å². The Labute approximate surface area is 126 Å². The van der Waals surface area contributed by atoms with E-state index in [1.807, 2.05) is 4.90 Å². The number of carbonyl (C=O) groups is 1. The maximum atomic E-state index is 12.7. The van der Waals surface area contributed by atoms with Crippen LogP contribution >= 0.6 is 0 Å². The van der Waals surface area contributed by atoms with Crippen LogP contribution in [-0.4, -0.2) is 30.0 Å². The lowest BCUT2D eigenvalue weighted by molar-refractivity contribution is -0.141. The maximum absolute atomic E-state index is 12.7. The summed E-state index contributed by atoms with van der Waals surface area (Å²) in [5.74, 6) is 0.533. The molecule has 0 radical (unpaired) electrons. The number of nitrogens with zero attached hydrogens (tertiary/aromatic N) is 2. The van der Waals surface area contributed by atoms with Crippen LogP contribution in [0.3, 0.4) is 0 Å². The van der Waals surface area contributed by atoms with Crippen LogP contribution in [0.1, 0.15) is 31.4 Å². The van der Waals surface area contributed by atoms with Gasteiger partial charge in [-0.2, -0.15) is 13.2 Å². The topological polar surface area (TPSA) is 45.2 Å². The highest BCUT2D eigenvalue weighted by atomic mass is 19.4. The third kappa shape index (κ3) is 3.51. The van der Waals surface area contributed by atoms with Crippen LogP contribution in [0.25, 0.3) is 0 Å². The molecule has 1 amide bonds. The van der Waals surface area contributed by atoms with E-state index >= 15 is 0 Å². The molecular formula is C15H18F3N3O. The Balaban J connectivity index is 1.67. The highest BCUT2D eigenvalue weighted by Gasteiger charge is 2.34. The Hall–Kier alpha value is -1.79. The number of amides is 1. The van der Waals surface area contributed by atoms with Crippen molar-refractivity contribution in [2.24, 2.45) is 5.92 Å². The molecule has 1 N–H and O–H groups in total. The maximum Gasteiger partial charge on any atom is 0.433 e. The molecule has 1 aliphatic heterocycles. The lowest BCUT2D eigenvalue weighted by Crippen LogP contribution is -2.48. The first-order valence-corrected chi connectivity index (χ1v) is 7.53. The summed E-state index contributed by atoms with van der Waals surface area (Å²) in [6.07, 6.45) is -0.873. The highest BCUT2D eigenvalue weighted by molar-refractivity contribution is 5.81. The van der Waals surface area contributed by atoms with Crippen molar-refractivity contribution in [1.82, 2.24) is 10.3 Å². The first-order valence-electron chi connectivity index (χ1n) is 7.53. The molecule has 0 aromatic carbocycles. The number of rotatable bonds is 3. The van der Waals surface area contributed by atoms with Gasteiger partial charge in [-0.1, -0.05) is 6.07 Å². The molecule has 1 atom stereocenters. The molecule has 2 heterocycles. The number of hydrogen-bond donors (Lipinski definition) is 1. The van der Waals surface area contributed by atoms with Gasteiger partial charge in [0.1, 0.15) is 11.5 Å². The molecule has 1 saturated carbocycles. The molecule has 1 aliphatic carbocycles. The van der Waals surface area contributed by atoms with E-state index in [0.717, 1.165) is 31.7 Å². The predicted molar refractivity (Wildman–Crippen MR) is 75.3 cm³/mol. The number of carbonyl (C=O) groups excluding carboxylic acids is 1. The normalized spacial score (nSPS) is 22.5. The van der Waals surface area contributed by atoms with Gasteiger partial charge in [-0.25, -0.2) is 4.98 Å². The summed E-state index contributed by atoms with van der Waals surface area (Å²) in [5, 5.41) is 2.99. The van der Waals surface area contributed by atoms with Crippen molar-refractivity contribution in [3.63, 3.8) is 0 Å². The first kappa shape index (κ1) is 15.1. The van der Waals surface area contributed by atoms with Gasteiger partial charge < -0.3 is 10.2 Å². The number of piperidine rings is 1. The van der Waals surface area contributed by atoms with Gasteiger partial charge in [0.15, 0.2) is 0 Å². The van der Waals surface area contributed by atoms with Gasteiger partial charge in [-0.3, -0.25) is 4.79 Å². The molecule has 7 heteroatoms. The number of aromatic nitrogens is 1. The molecule has 22 heavy (non-hydrogen) atoms. The number of nitrogens with one attached hydrogen (secondary N) is 1. The Bertz CT molecular complexity index is 557. The Kier molecular flexibility index (Phi) is 3.97. The molecule has 1 aromatic rings. The van der Waals surface area contributed by atoms with Gasteiger partial charge in [0.05, 0.1) is 0 Å². The number of halogens is 3. The molecule has 2 fully saturated rings. The SMILES string of the molecule is O=C(NC1CCCN(c2cccc(C(F)(F)F)n2)C1)C1CC1. The number of anilines is 1. The summed E-state index contributed by atoms with van der Waals surface area (Å²) in [5.41, 5.74) is -0.880. The lowest BCUT2D eigenvalue weighted by atomic mass is 10.1. The van der Waals surface area contributed by atoms with Crippen molar-refractivity contribution in [3.8, 4) is 0 Å². The van der Waals surface area contributed by atoms with E-state index in [9.17, 15) is 18.0 Å². The van der Waals surface area contributed by atoms with Crippen LogP contribution in [0, 0.1) is 5.92 Å². The van der Waals surface area contributed by atoms with Gasteiger partial charge in [0.25, 0.3) is 0 Å². The minimum absolute atomic E-state index is 0.0156. The van der Waals surface area contributed by atoms with Crippen LogP contribution in [0.15, 0.2) is 18.2 Å². The quantitative estimate of drug-likeness (QED) is 0.933. The largest absolute Gasteiger partial charge is 0.433 e. The fraction of sp³-hybridized carbons (Fsp3) is 0.600. The van der Waals surface area contributed by atoms with Crippen LogP contribution in [0.5, 0.6) is 0 Å². The fourth-order valence-electron chi connectivity index (χ4n) is 2.72. The van der Waals surface area contributed by atoms with Crippen molar-refractivity contribution in [1.29, 1.82) is 0 Å². The van der Waals surface area contributed by atoms with Gasteiger partial charge in [0, 0.05) is 25.0 Å². The lowest BCUT2D eigenvalue weighted by Gasteiger charge is -2.34. The van der Waals surface area contributed by atoms with Crippen LogP contribution in [0.4, 0.5) is 19.0 Å². The van der Waals surface area contributed by atoms with E-state index in [-0.39, 0.29) is 17.9 Å². The second-order valence-corrected chi connectivity index (χ2v) is 5.95. The van der Waals surface area contributed by atoms with E-state index in [1.54, 1.807) is 6.07 Å². The van der Waals surface area contributed by atoms with Gasteiger partial charge in [-0.05, 0) is 37.8 Å². The summed E-state index contributed by atoms with van der Waals surface area (Å²) in [4.78, 5) is 17.3. The average molecular weight is 313 g/mol. The van der Waals surface area contributed by atoms with Crippen molar-refractivity contribution in [2.75, 3.05) is 18.0 Å². The molecule has 2 aliphatic rings.